The van der Waals surface area contributed by atoms with Crippen LogP contribution in [0.15, 0.2) is 35.1 Å². The molecular formula is C16H18N6O2. The zero-order valence-electron chi connectivity index (χ0n) is 13.2. The number of amides is 1. The number of nitrogens with zero attached hydrogens (tertiary/aromatic N) is 2. The maximum Gasteiger partial charge on any atom is 0.251 e. The highest BCUT2D eigenvalue weighted by Gasteiger charge is 2.14. The van der Waals surface area contributed by atoms with Crippen LogP contribution in [0.3, 0.4) is 0 Å². The first-order valence-electron chi connectivity index (χ1n) is 7.61. The first-order chi connectivity index (χ1) is 11.5. The van der Waals surface area contributed by atoms with E-state index < -0.39 is 0 Å². The molecule has 0 bridgehead atoms. The third-order valence-corrected chi connectivity index (χ3v) is 3.76. The van der Waals surface area contributed by atoms with Crippen LogP contribution in [0.1, 0.15) is 30.8 Å². The Balaban J connectivity index is 1.64. The van der Waals surface area contributed by atoms with Crippen molar-refractivity contribution >= 4 is 22.8 Å². The molecule has 1 amide bonds. The number of benzene rings is 1. The number of hydrogen-bond donors (Lipinski definition) is 4. The largest absolute Gasteiger partial charge is 0.367 e. The predicted molar refractivity (Wildman–Crippen MR) is 90.2 cm³/mol. The predicted octanol–water partition coefficient (Wildman–Crippen LogP) is 1.04. The highest BCUT2D eigenvalue weighted by Crippen LogP contribution is 2.12. The molecule has 0 saturated carbocycles. The third kappa shape index (κ3) is 3.43. The zero-order chi connectivity index (χ0) is 17.1. The van der Waals surface area contributed by atoms with Gasteiger partial charge in [-0.3, -0.25) is 14.7 Å². The number of nitrogen functional groups attached to an aromatic ring is 1. The number of rotatable bonds is 5. The minimum absolute atomic E-state index is 0.133. The number of anilines is 1. The fourth-order valence-corrected chi connectivity index (χ4v) is 2.49. The molecule has 24 heavy (non-hydrogen) atoms. The van der Waals surface area contributed by atoms with Gasteiger partial charge in [-0.05, 0) is 30.9 Å². The van der Waals surface area contributed by atoms with E-state index in [9.17, 15) is 9.59 Å². The molecule has 0 aliphatic carbocycles. The van der Waals surface area contributed by atoms with E-state index in [2.05, 4.69) is 25.5 Å². The van der Waals surface area contributed by atoms with Crippen LogP contribution in [0.2, 0.25) is 0 Å². The zero-order valence-corrected chi connectivity index (χ0v) is 13.2. The van der Waals surface area contributed by atoms with Gasteiger partial charge in [-0.25, -0.2) is 0 Å². The molecule has 5 N–H and O–H groups in total. The molecule has 8 heteroatoms. The van der Waals surface area contributed by atoms with Crippen LogP contribution < -0.4 is 16.6 Å². The molecule has 8 nitrogen and oxygen atoms in total. The third-order valence-electron chi connectivity index (χ3n) is 3.76. The maximum absolute atomic E-state index is 12.1. The number of aromatic amines is 2. The summed E-state index contributed by atoms with van der Waals surface area (Å²) in [6.07, 6.45) is 0.562. The Morgan fingerprint density at radius 2 is 2.17 bits per heavy atom. The summed E-state index contributed by atoms with van der Waals surface area (Å²) in [6, 6.07) is 9.02. The van der Waals surface area contributed by atoms with Gasteiger partial charge in [-0.2, -0.15) is 4.98 Å². The standard InChI is InChI=1S/C16H18N6O2/c1-9(14-20-16(17)22-21-14)18-13(23)7-6-11-8-10-4-2-3-5-12(10)19-15(11)24/h2-5,8-9H,6-7H2,1H3,(H,18,23)(H,19,24)(H3,17,20,21,22). The molecule has 0 fully saturated rings. The van der Waals surface area contributed by atoms with Crippen LogP contribution in [-0.4, -0.2) is 26.1 Å². The van der Waals surface area contributed by atoms with Gasteiger partial charge in [0, 0.05) is 17.5 Å². The van der Waals surface area contributed by atoms with Crippen molar-refractivity contribution in [1.82, 2.24) is 25.5 Å². The van der Waals surface area contributed by atoms with E-state index in [1.807, 2.05) is 30.3 Å². The molecule has 124 valence electrons. The average Bonchev–Trinajstić information content (AvgIpc) is 2.99. The normalized spacial score (nSPS) is 12.2. The molecule has 1 unspecified atom stereocenters. The smallest absolute Gasteiger partial charge is 0.251 e. The second-order valence-electron chi connectivity index (χ2n) is 5.58. The Morgan fingerprint density at radius 3 is 2.92 bits per heavy atom. The fraction of sp³-hybridized carbons (Fsp3) is 0.250. The summed E-state index contributed by atoms with van der Waals surface area (Å²) >= 11 is 0. The number of H-pyrrole nitrogens is 2. The SMILES string of the molecule is CC(NC(=O)CCc1cc2ccccc2[nH]c1=O)c1nc(N)n[nH]1. The highest BCUT2D eigenvalue weighted by atomic mass is 16.1. The molecule has 0 radical (unpaired) electrons. The van der Waals surface area contributed by atoms with Gasteiger partial charge in [0.25, 0.3) is 5.56 Å². The van der Waals surface area contributed by atoms with E-state index >= 15 is 0 Å². The first-order valence-corrected chi connectivity index (χ1v) is 7.61. The summed E-state index contributed by atoms with van der Waals surface area (Å²) < 4.78 is 0. The first kappa shape index (κ1) is 15.7. The minimum atomic E-state index is -0.336. The second-order valence-corrected chi connectivity index (χ2v) is 5.58. The number of fused-ring (bicyclic) bond motifs is 1. The molecule has 0 spiro atoms. The van der Waals surface area contributed by atoms with Crippen LogP contribution in [0.5, 0.6) is 0 Å². The maximum atomic E-state index is 12.1. The molecule has 2 aromatic heterocycles. The number of aryl methyl sites for hydroxylation is 1. The molecule has 1 atom stereocenters. The Kier molecular flexibility index (Phi) is 4.28. The van der Waals surface area contributed by atoms with E-state index in [1.165, 1.54) is 0 Å². The topological polar surface area (TPSA) is 130 Å². The van der Waals surface area contributed by atoms with E-state index in [1.54, 1.807) is 6.92 Å². The van der Waals surface area contributed by atoms with Crippen molar-refractivity contribution in [3.05, 3.63) is 52.1 Å². The number of hydrogen-bond acceptors (Lipinski definition) is 5. The summed E-state index contributed by atoms with van der Waals surface area (Å²) in [6.45, 7) is 1.78. The molecule has 0 aliphatic rings. The lowest BCUT2D eigenvalue weighted by Crippen LogP contribution is -2.28. The number of para-hydroxylation sites is 1. The molecular weight excluding hydrogens is 308 g/mol. The Hall–Kier alpha value is -3.16. The molecule has 1 aromatic carbocycles. The Morgan fingerprint density at radius 1 is 1.38 bits per heavy atom. The number of carbonyl (C=O) groups excluding carboxylic acids is 1. The number of nitrogens with two attached hydrogens (primary N) is 1. The highest BCUT2D eigenvalue weighted by molar-refractivity contribution is 5.79. The van der Waals surface area contributed by atoms with Gasteiger partial charge in [0.15, 0.2) is 0 Å². The van der Waals surface area contributed by atoms with E-state index in [-0.39, 0.29) is 29.9 Å². The van der Waals surface area contributed by atoms with Gasteiger partial charge in [0.2, 0.25) is 11.9 Å². The lowest BCUT2D eigenvalue weighted by Gasteiger charge is -2.10. The van der Waals surface area contributed by atoms with Gasteiger partial charge in [-0.1, -0.05) is 18.2 Å². The van der Waals surface area contributed by atoms with E-state index in [0.717, 1.165) is 10.9 Å². The van der Waals surface area contributed by atoms with Crippen molar-refractivity contribution in [3.63, 3.8) is 0 Å². The van der Waals surface area contributed by atoms with Gasteiger partial charge in [-0.15, -0.1) is 5.10 Å². The molecule has 2 heterocycles. The number of aromatic nitrogens is 4. The van der Waals surface area contributed by atoms with Crippen LogP contribution in [-0.2, 0) is 11.2 Å². The molecule has 0 saturated heterocycles. The van der Waals surface area contributed by atoms with Crippen LogP contribution in [0.25, 0.3) is 10.9 Å². The van der Waals surface area contributed by atoms with Crippen molar-refractivity contribution in [3.8, 4) is 0 Å². The summed E-state index contributed by atoms with van der Waals surface area (Å²) in [5.41, 5.74) is 6.64. The summed E-state index contributed by atoms with van der Waals surface area (Å²) in [4.78, 5) is 30.9. The van der Waals surface area contributed by atoms with Crippen molar-refractivity contribution in [2.75, 3.05) is 5.73 Å². The number of carbonyl (C=O) groups is 1. The van der Waals surface area contributed by atoms with Gasteiger partial charge >= 0.3 is 0 Å². The van der Waals surface area contributed by atoms with Crippen molar-refractivity contribution in [2.24, 2.45) is 0 Å². The number of pyridine rings is 1. The minimum Gasteiger partial charge on any atom is -0.367 e. The average molecular weight is 326 g/mol. The lowest BCUT2D eigenvalue weighted by atomic mass is 10.1. The fourth-order valence-electron chi connectivity index (χ4n) is 2.49. The van der Waals surface area contributed by atoms with Crippen molar-refractivity contribution in [1.29, 1.82) is 0 Å². The second kappa shape index (κ2) is 6.53. The van der Waals surface area contributed by atoms with E-state index in [4.69, 9.17) is 5.73 Å². The van der Waals surface area contributed by atoms with E-state index in [0.29, 0.717) is 17.8 Å². The Bertz CT molecular complexity index is 929. The van der Waals surface area contributed by atoms with Crippen LogP contribution in [0.4, 0.5) is 5.95 Å². The van der Waals surface area contributed by atoms with Crippen LogP contribution >= 0.6 is 0 Å². The monoisotopic (exact) mass is 326 g/mol. The molecule has 3 rings (SSSR count). The number of nitrogens with one attached hydrogen (secondary N) is 3. The van der Waals surface area contributed by atoms with Gasteiger partial charge < -0.3 is 16.0 Å². The molecule has 3 aromatic rings. The molecule has 0 aliphatic heterocycles. The summed E-state index contributed by atoms with van der Waals surface area (Å²) in [5, 5.41) is 10.1. The van der Waals surface area contributed by atoms with Crippen LogP contribution in [0, 0.1) is 0 Å². The Labute approximate surface area is 137 Å². The quantitative estimate of drug-likeness (QED) is 0.556. The lowest BCUT2D eigenvalue weighted by molar-refractivity contribution is -0.121. The summed E-state index contributed by atoms with van der Waals surface area (Å²) in [5.74, 6) is 0.447. The van der Waals surface area contributed by atoms with Gasteiger partial charge in [0.05, 0.1) is 6.04 Å². The van der Waals surface area contributed by atoms with Crippen molar-refractivity contribution < 1.29 is 4.79 Å². The summed E-state index contributed by atoms with van der Waals surface area (Å²) in [7, 11) is 0. The van der Waals surface area contributed by atoms with Crippen molar-refractivity contribution in [2.45, 2.75) is 25.8 Å². The van der Waals surface area contributed by atoms with Gasteiger partial charge in [0.1, 0.15) is 5.82 Å².